The minimum atomic E-state index is -0.277. The first-order valence-corrected chi connectivity index (χ1v) is 7.47. The van der Waals surface area contributed by atoms with Crippen LogP contribution in [-0.2, 0) is 4.79 Å². The number of carbonyl (C=O) groups excluding carboxylic acids is 1. The third kappa shape index (κ3) is 3.06. The van der Waals surface area contributed by atoms with Gasteiger partial charge in [-0.1, -0.05) is 37.3 Å². The van der Waals surface area contributed by atoms with Gasteiger partial charge in [-0.15, -0.1) is 0 Å². The van der Waals surface area contributed by atoms with Crippen molar-refractivity contribution in [3.05, 3.63) is 35.9 Å². The van der Waals surface area contributed by atoms with Gasteiger partial charge in [-0.05, 0) is 12.0 Å². The molecule has 3 nitrogen and oxygen atoms in total. The molecule has 0 aliphatic carbocycles. The van der Waals surface area contributed by atoms with Crippen molar-refractivity contribution in [1.29, 1.82) is 0 Å². The molecule has 1 fully saturated rings. The molecule has 1 aliphatic heterocycles. The average molecular weight is 264 g/mol. The summed E-state index contributed by atoms with van der Waals surface area (Å²) < 4.78 is 0. The largest absolute Gasteiger partial charge is 0.368 e. The number of carbonyl (C=O) groups is 1. The van der Waals surface area contributed by atoms with Gasteiger partial charge in [0.15, 0.2) is 0 Å². The second-order valence-electron chi connectivity index (χ2n) is 4.61. The van der Waals surface area contributed by atoms with Crippen molar-refractivity contribution >= 4 is 17.7 Å². The molecule has 1 amide bonds. The Morgan fingerprint density at radius 1 is 1.50 bits per heavy atom. The normalized spacial score (nSPS) is 22.6. The minimum absolute atomic E-state index is 0.247. The van der Waals surface area contributed by atoms with E-state index >= 15 is 0 Å². The fraction of sp³-hybridized carbons (Fsp3) is 0.500. The van der Waals surface area contributed by atoms with E-state index in [4.69, 9.17) is 5.73 Å². The first-order valence-electron chi connectivity index (χ1n) is 6.42. The summed E-state index contributed by atoms with van der Waals surface area (Å²) in [5.41, 5.74) is 6.61. The summed E-state index contributed by atoms with van der Waals surface area (Å²) in [5.74, 6) is 0.831. The van der Waals surface area contributed by atoms with E-state index in [0.29, 0.717) is 5.25 Å². The number of hydrogen-bond acceptors (Lipinski definition) is 3. The lowest BCUT2D eigenvalue weighted by atomic mass is 10.0. The van der Waals surface area contributed by atoms with Gasteiger partial charge in [0, 0.05) is 24.1 Å². The number of nitrogens with two attached hydrogens (primary N) is 1. The number of thioether (sulfide) groups is 1. The van der Waals surface area contributed by atoms with Crippen LogP contribution in [0.5, 0.6) is 0 Å². The molecule has 1 heterocycles. The predicted molar refractivity (Wildman–Crippen MR) is 76.5 cm³/mol. The second-order valence-corrected chi connectivity index (χ2v) is 6.02. The van der Waals surface area contributed by atoms with Crippen molar-refractivity contribution in [2.45, 2.75) is 24.6 Å². The highest BCUT2D eigenvalue weighted by Gasteiger charge is 2.29. The van der Waals surface area contributed by atoms with Gasteiger partial charge in [0.25, 0.3) is 0 Å². The maximum absolute atomic E-state index is 11.8. The highest BCUT2D eigenvalue weighted by molar-refractivity contribution is 8.00. The fourth-order valence-corrected chi connectivity index (χ4v) is 3.62. The maximum atomic E-state index is 11.8. The van der Waals surface area contributed by atoms with Crippen LogP contribution in [0.1, 0.15) is 24.9 Å². The average Bonchev–Trinajstić information content (AvgIpc) is 2.40. The van der Waals surface area contributed by atoms with Gasteiger partial charge in [-0.3, -0.25) is 9.69 Å². The summed E-state index contributed by atoms with van der Waals surface area (Å²) in [6.07, 6.45) is 1.14. The number of benzene rings is 1. The Hall–Kier alpha value is -1.00. The second kappa shape index (κ2) is 6.25. The zero-order chi connectivity index (χ0) is 13.0. The molecule has 0 spiro atoms. The standard InChI is InChI=1S/C14H20N2OS/c1-2-12-10-16(8-9-18-12)13(14(15)17)11-6-4-3-5-7-11/h3-7,12-13H,2,8-10H2,1H3,(H2,15,17)/t12-,13-/m0/s1. The van der Waals surface area contributed by atoms with Gasteiger partial charge in [-0.2, -0.15) is 11.8 Å². The molecule has 1 saturated heterocycles. The number of hydrogen-bond donors (Lipinski definition) is 1. The quantitative estimate of drug-likeness (QED) is 0.905. The van der Waals surface area contributed by atoms with Crippen molar-refractivity contribution in [2.75, 3.05) is 18.8 Å². The molecule has 0 radical (unpaired) electrons. The molecule has 18 heavy (non-hydrogen) atoms. The lowest BCUT2D eigenvalue weighted by Crippen LogP contribution is -2.45. The summed E-state index contributed by atoms with van der Waals surface area (Å²) in [5, 5.41) is 0.615. The van der Waals surface area contributed by atoms with Crippen LogP contribution in [0.3, 0.4) is 0 Å². The molecule has 2 atom stereocenters. The van der Waals surface area contributed by atoms with Crippen molar-refractivity contribution in [2.24, 2.45) is 5.73 Å². The van der Waals surface area contributed by atoms with E-state index in [1.165, 1.54) is 0 Å². The van der Waals surface area contributed by atoms with E-state index in [2.05, 4.69) is 11.8 Å². The molecule has 0 bridgehead atoms. The molecule has 2 N–H and O–H groups in total. The van der Waals surface area contributed by atoms with Gasteiger partial charge in [0.2, 0.25) is 5.91 Å². The maximum Gasteiger partial charge on any atom is 0.239 e. The molecule has 2 rings (SSSR count). The Bertz CT molecular complexity index is 396. The minimum Gasteiger partial charge on any atom is -0.368 e. The third-order valence-electron chi connectivity index (χ3n) is 3.38. The Kier molecular flexibility index (Phi) is 4.66. The number of amides is 1. The Morgan fingerprint density at radius 2 is 2.22 bits per heavy atom. The van der Waals surface area contributed by atoms with Crippen molar-refractivity contribution in [3.8, 4) is 0 Å². The Morgan fingerprint density at radius 3 is 2.83 bits per heavy atom. The smallest absolute Gasteiger partial charge is 0.239 e. The van der Waals surface area contributed by atoms with E-state index in [0.717, 1.165) is 30.8 Å². The van der Waals surface area contributed by atoms with Crippen LogP contribution < -0.4 is 5.73 Å². The van der Waals surface area contributed by atoms with Crippen LogP contribution >= 0.6 is 11.8 Å². The van der Waals surface area contributed by atoms with Crippen molar-refractivity contribution in [1.82, 2.24) is 4.90 Å². The molecule has 4 heteroatoms. The summed E-state index contributed by atoms with van der Waals surface area (Å²) in [4.78, 5) is 14.0. The zero-order valence-electron chi connectivity index (χ0n) is 10.7. The first kappa shape index (κ1) is 13.4. The van der Waals surface area contributed by atoms with Gasteiger partial charge < -0.3 is 5.73 Å². The topological polar surface area (TPSA) is 46.3 Å². The molecular weight excluding hydrogens is 244 g/mol. The molecule has 0 aromatic heterocycles. The van der Waals surface area contributed by atoms with Crippen LogP contribution in [0, 0.1) is 0 Å². The summed E-state index contributed by atoms with van der Waals surface area (Å²) >= 11 is 2.00. The zero-order valence-corrected chi connectivity index (χ0v) is 11.5. The fourth-order valence-electron chi connectivity index (χ4n) is 2.41. The van der Waals surface area contributed by atoms with Crippen molar-refractivity contribution in [3.63, 3.8) is 0 Å². The van der Waals surface area contributed by atoms with Gasteiger partial charge in [0.1, 0.15) is 6.04 Å². The molecular formula is C14H20N2OS. The van der Waals surface area contributed by atoms with E-state index in [9.17, 15) is 4.79 Å². The molecule has 1 aromatic carbocycles. The number of primary amides is 1. The molecule has 98 valence electrons. The highest BCUT2D eigenvalue weighted by atomic mass is 32.2. The molecule has 0 saturated carbocycles. The van der Waals surface area contributed by atoms with Gasteiger partial charge in [-0.25, -0.2) is 0 Å². The lowest BCUT2D eigenvalue weighted by Gasteiger charge is -2.36. The summed E-state index contributed by atoms with van der Waals surface area (Å²) in [6, 6.07) is 9.57. The summed E-state index contributed by atoms with van der Waals surface area (Å²) in [7, 11) is 0. The number of nitrogens with zero attached hydrogens (tertiary/aromatic N) is 1. The van der Waals surface area contributed by atoms with Crippen LogP contribution in [-0.4, -0.2) is 34.9 Å². The van der Waals surface area contributed by atoms with Crippen LogP contribution in [0.4, 0.5) is 0 Å². The SMILES string of the molecule is CC[C@H]1CN([C@H](C(N)=O)c2ccccc2)CCS1. The van der Waals surface area contributed by atoms with Crippen molar-refractivity contribution < 1.29 is 4.79 Å². The van der Waals surface area contributed by atoms with Gasteiger partial charge >= 0.3 is 0 Å². The first-order chi connectivity index (χ1) is 8.72. The van der Waals surface area contributed by atoms with Crippen LogP contribution in [0.15, 0.2) is 30.3 Å². The van der Waals surface area contributed by atoms with Crippen LogP contribution in [0.25, 0.3) is 0 Å². The molecule has 1 aromatic rings. The monoisotopic (exact) mass is 264 g/mol. The van der Waals surface area contributed by atoms with Crippen LogP contribution in [0.2, 0.25) is 0 Å². The molecule has 0 unspecified atom stereocenters. The van der Waals surface area contributed by atoms with Gasteiger partial charge in [0.05, 0.1) is 0 Å². The Labute approximate surface area is 113 Å². The lowest BCUT2D eigenvalue weighted by molar-refractivity contribution is -0.123. The third-order valence-corrected chi connectivity index (χ3v) is 4.75. The van der Waals surface area contributed by atoms with E-state index < -0.39 is 0 Å². The van der Waals surface area contributed by atoms with E-state index in [-0.39, 0.29) is 11.9 Å². The van der Waals surface area contributed by atoms with E-state index in [1.807, 2.05) is 42.1 Å². The predicted octanol–water partition coefficient (Wildman–Crippen LogP) is 2.04. The highest BCUT2D eigenvalue weighted by Crippen LogP contribution is 2.28. The molecule has 1 aliphatic rings. The summed E-state index contributed by atoms with van der Waals surface area (Å²) in [6.45, 7) is 4.08. The number of rotatable bonds is 4. The van der Waals surface area contributed by atoms with E-state index in [1.54, 1.807) is 0 Å². The Balaban J connectivity index is 2.18.